The van der Waals surface area contributed by atoms with Crippen molar-refractivity contribution in [2.24, 2.45) is 9.98 Å². The highest BCUT2D eigenvalue weighted by Gasteiger charge is 2.14. The zero-order chi connectivity index (χ0) is 44.4. The lowest BCUT2D eigenvalue weighted by molar-refractivity contribution is 1.09. The lowest BCUT2D eigenvalue weighted by atomic mass is 9.89. The average Bonchev–Trinajstić information content (AvgIpc) is 3.36. The fraction of sp³-hybridized carbons (Fsp3) is 0.0656. The van der Waals surface area contributed by atoms with Crippen LogP contribution in [0, 0.1) is 0 Å². The molecule has 310 valence electrons. The van der Waals surface area contributed by atoms with Crippen LogP contribution in [0.2, 0.25) is 0 Å². The van der Waals surface area contributed by atoms with Crippen LogP contribution in [0.4, 0.5) is 0 Å². The molecule has 0 unspecified atom stereocenters. The van der Waals surface area contributed by atoms with Crippen molar-refractivity contribution in [3.8, 4) is 44.5 Å². The van der Waals surface area contributed by atoms with Crippen molar-refractivity contribution in [2.75, 3.05) is 0 Å². The van der Waals surface area contributed by atoms with E-state index >= 15 is 0 Å². The van der Waals surface area contributed by atoms with E-state index in [1.807, 2.05) is 91.1 Å². The highest BCUT2D eigenvalue weighted by molar-refractivity contribution is 6.13. The van der Waals surface area contributed by atoms with Gasteiger partial charge in [0.1, 0.15) is 0 Å². The van der Waals surface area contributed by atoms with E-state index in [2.05, 4.69) is 156 Å². The molecular weight excluding hydrogens is 775 g/mol. The third-order valence-electron chi connectivity index (χ3n) is 11.2. The van der Waals surface area contributed by atoms with Gasteiger partial charge in [0, 0.05) is 28.4 Å². The molecule has 3 heteroatoms. The second kappa shape index (κ2) is 19.8. The Morgan fingerprint density at radius 2 is 1.08 bits per heavy atom. The van der Waals surface area contributed by atoms with Crippen molar-refractivity contribution < 1.29 is 0 Å². The summed E-state index contributed by atoms with van der Waals surface area (Å²) in [4.78, 5) is 15.0. The van der Waals surface area contributed by atoms with E-state index < -0.39 is 0 Å². The molecule has 0 bridgehead atoms. The molecule has 9 aromatic rings. The zero-order valence-electron chi connectivity index (χ0n) is 36.8. The number of fused-ring (bicyclic) bond motifs is 2. The summed E-state index contributed by atoms with van der Waals surface area (Å²) in [6.45, 7) is 18.9. The van der Waals surface area contributed by atoms with Crippen LogP contribution in [0.5, 0.6) is 0 Å². The van der Waals surface area contributed by atoms with E-state index in [0.29, 0.717) is 11.5 Å². The number of para-hydroxylation sites is 1. The largest absolute Gasteiger partial charge is 0.256 e. The summed E-state index contributed by atoms with van der Waals surface area (Å²) in [5.74, 6) is 0.599. The van der Waals surface area contributed by atoms with Gasteiger partial charge in [-0.25, -0.2) is 9.98 Å². The summed E-state index contributed by atoms with van der Waals surface area (Å²) in [6, 6.07) is 65.6. The number of aliphatic imine (C=N–C) groups is 2. The summed E-state index contributed by atoms with van der Waals surface area (Å²) >= 11 is 0. The molecule has 3 nitrogen and oxygen atoms in total. The van der Waals surface area contributed by atoms with Gasteiger partial charge < -0.3 is 0 Å². The van der Waals surface area contributed by atoms with Crippen molar-refractivity contribution >= 4 is 51.1 Å². The van der Waals surface area contributed by atoms with Crippen molar-refractivity contribution in [1.29, 1.82) is 0 Å². The van der Waals surface area contributed by atoms with Gasteiger partial charge in [0.15, 0.2) is 5.84 Å². The van der Waals surface area contributed by atoms with E-state index in [1.54, 1.807) is 0 Å². The van der Waals surface area contributed by atoms with E-state index in [4.69, 9.17) is 15.0 Å². The van der Waals surface area contributed by atoms with Crippen LogP contribution in [0.15, 0.2) is 224 Å². The second-order valence-corrected chi connectivity index (χ2v) is 15.8. The molecule has 1 heterocycles. The Bertz CT molecular complexity index is 3190. The van der Waals surface area contributed by atoms with Gasteiger partial charge in [0.2, 0.25) is 0 Å². The smallest absolute Gasteiger partial charge is 0.160 e. The maximum atomic E-state index is 5.25. The summed E-state index contributed by atoms with van der Waals surface area (Å²) in [7, 11) is 0. The number of rotatable bonds is 10. The zero-order valence-corrected chi connectivity index (χ0v) is 36.8. The topological polar surface area (TPSA) is 37.6 Å². The van der Waals surface area contributed by atoms with E-state index in [9.17, 15) is 0 Å². The Morgan fingerprint density at radius 3 is 1.77 bits per heavy atom. The van der Waals surface area contributed by atoms with Gasteiger partial charge >= 0.3 is 0 Å². The number of amidine groups is 1. The summed E-state index contributed by atoms with van der Waals surface area (Å²) in [6.07, 6.45) is 7.04. The quantitative estimate of drug-likeness (QED) is 0.1000. The Kier molecular flexibility index (Phi) is 13.2. The van der Waals surface area contributed by atoms with Gasteiger partial charge in [0.25, 0.3) is 0 Å². The van der Waals surface area contributed by atoms with Crippen LogP contribution in [-0.2, 0) is 0 Å². The molecule has 0 atom stereocenters. The van der Waals surface area contributed by atoms with Gasteiger partial charge in [-0.05, 0) is 121 Å². The fourth-order valence-electron chi connectivity index (χ4n) is 7.96. The molecule has 0 aliphatic heterocycles. The predicted octanol–water partition coefficient (Wildman–Crippen LogP) is 16.7. The van der Waals surface area contributed by atoms with Crippen molar-refractivity contribution in [2.45, 2.75) is 27.2 Å². The molecule has 0 saturated heterocycles. The van der Waals surface area contributed by atoms with Crippen LogP contribution in [-0.4, -0.2) is 16.5 Å². The Hall–Kier alpha value is -8.01. The minimum atomic E-state index is 0.599. The molecule has 8 aromatic carbocycles. The normalized spacial score (nSPS) is 11.5. The molecule has 1 aromatic heterocycles. The lowest BCUT2D eigenvalue weighted by Crippen LogP contribution is -2.05. The van der Waals surface area contributed by atoms with Crippen molar-refractivity contribution in [3.63, 3.8) is 0 Å². The van der Waals surface area contributed by atoms with Gasteiger partial charge in [-0.3, -0.25) is 4.98 Å². The Labute approximate surface area is 377 Å². The number of benzene rings is 8. The Balaban J connectivity index is 0.00000182. The number of aromatic nitrogens is 1. The molecule has 0 saturated carbocycles. The van der Waals surface area contributed by atoms with Crippen LogP contribution in [0.1, 0.15) is 55.0 Å². The third-order valence-corrected chi connectivity index (χ3v) is 11.2. The first-order valence-corrected chi connectivity index (χ1v) is 21.8. The summed E-state index contributed by atoms with van der Waals surface area (Å²) < 4.78 is 0. The molecule has 0 amide bonds. The van der Waals surface area contributed by atoms with Crippen molar-refractivity contribution in [3.05, 3.63) is 242 Å². The standard InChI is InChI=1S/C58H43N3.C3H8/c1-5-41-37-56(55-26-15-14-25-54(55)53(41)6-2)47-24-17-23-46(32-47)51-35-49(40(4)61-58(45-20-11-8-12-21-45)60-39(3)42-18-9-7-10-19-42)34-50(36-51)43-28-30-44(31-29-43)52-33-48-22-13-16-27-57(48)59-38-52;1-3-2/h5-38H,1-3H2,4H3;3H2,1-2H3. The van der Waals surface area contributed by atoms with Gasteiger partial charge in [-0.1, -0.05) is 198 Å². The van der Waals surface area contributed by atoms with Crippen LogP contribution in [0.25, 0.3) is 84.0 Å². The third kappa shape index (κ3) is 9.40. The highest BCUT2D eigenvalue weighted by atomic mass is 14.9. The minimum absolute atomic E-state index is 0.599. The maximum absolute atomic E-state index is 5.25. The lowest BCUT2D eigenvalue weighted by Gasteiger charge is -2.15. The maximum Gasteiger partial charge on any atom is 0.160 e. The molecule has 0 fully saturated rings. The predicted molar refractivity (Wildman–Crippen MR) is 278 cm³/mol. The first kappa shape index (κ1) is 42.7. The first-order chi connectivity index (χ1) is 31.4. The van der Waals surface area contributed by atoms with Crippen molar-refractivity contribution in [1.82, 2.24) is 4.98 Å². The average molecular weight is 826 g/mol. The number of hydrogen-bond donors (Lipinski definition) is 0. The molecule has 0 spiro atoms. The summed E-state index contributed by atoms with van der Waals surface area (Å²) in [5, 5.41) is 3.44. The molecule has 0 aliphatic carbocycles. The minimum Gasteiger partial charge on any atom is -0.256 e. The summed E-state index contributed by atoms with van der Waals surface area (Å²) in [5.41, 5.74) is 16.3. The number of pyridine rings is 1. The first-order valence-electron chi connectivity index (χ1n) is 21.8. The SMILES string of the molecule is C=Cc1cc(-c2cccc(-c3cc(C(C)=NC(=NC(=C)c4ccccc4)c4ccccc4)cc(-c4ccc(-c5cnc6ccccc6c5)cc4)c3)c2)c2ccccc2c1C=C.CCC. The number of hydrogen-bond acceptors (Lipinski definition) is 2. The van der Waals surface area contributed by atoms with E-state index in [0.717, 1.165) is 94.3 Å². The molecule has 0 N–H and O–H groups in total. The second-order valence-electron chi connectivity index (χ2n) is 15.8. The fourth-order valence-corrected chi connectivity index (χ4v) is 7.96. The Morgan fingerprint density at radius 1 is 0.500 bits per heavy atom. The molecule has 0 aliphatic rings. The van der Waals surface area contributed by atoms with Crippen LogP contribution in [0.3, 0.4) is 0 Å². The highest BCUT2D eigenvalue weighted by Crippen LogP contribution is 2.37. The van der Waals surface area contributed by atoms with Crippen LogP contribution >= 0.6 is 0 Å². The monoisotopic (exact) mass is 825 g/mol. The van der Waals surface area contributed by atoms with Gasteiger partial charge in [0.05, 0.1) is 11.2 Å². The van der Waals surface area contributed by atoms with Crippen LogP contribution < -0.4 is 0 Å². The van der Waals surface area contributed by atoms with Gasteiger partial charge in [-0.2, -0.15) is 0 Å². The van der Waals surface area contributed by atoms with E-state index in [1.165, 1.54) is 11.8 Å². The molecule has 0 radical (unpaired) electrons. The molecule has 64 heavy (non-hydrogen) atoms. The molecule has 9 rings (SSSR count). The van der Waals surface area contributed by atoms with Gasteiger partial charge in [-0.15, -0.1) is 0 Å². The molecular formula is C61H51N3. The number of nitrogens with zero attached hydrogens (tertiary/aromatic N) is 3. The van der Waals surface area contributed by atoms with E-state index in [-0.39, 0.29) is 0 Å².